The average molecular weight is 451 g/mol. The maximum Gasteiger partial charge on any atom is 0.262 e. The van der Waals surface area contributed by atoms with Gasteiger partial charge in [0.1, 0.15) is 0 Å². The summed E-state index contributed by atoms with van der Waals surface area (Å²) in [5.74, 6) is 0.125. The van der Waals surface area contributed by atoms with Gasteiger partial charge in [-0.1, -0.05) is 19.1 Å². The number of nitrogens with zero attached hydrogens (tertiary/aromatic N) is 1. The van der Waals surface area contributed by atoms with Gasteiger partial charge in [0.25, 0.3) is 10.0 Å². The molecule has 0 amide bonds. The zero-order valence-electron chi connectivity index (χ0n) is 18.2. The summed E-state index contributed by atoms with van der Waals surface area (Å²) in [5.41, 5.74) is 5.68. The van der Waals surface area contributed by atoms with Gasteiger partial charge in [-0.25, -0.2) is 16.8 Å². The van der Waals surface area contributed by atoms with Crippen LogP contribution in [0.1, 0.15) is 46.7 Å². The van der Waals surface area contributed by atoms with E-state index in [1.165, 1.54) is 4.31 Å². The maximum atomic E-state index is 13.2. The highest BCUT2D eigenvalue weighted by Crippen LogP contribution is 2.30. The molecule has 1 N–H and O–H groups in total. The van der Waals surface area contributed by atoms with E-state index in [-0.39, 0.29) is 12.3 Å². The minimum atomic E-state index is -3.78. The lowest BCUT2D eigenvalue weighted by atomic mass is 10.0. The summed E-state index contributed by atoms with van der Waals surface area (Å²) in [6.07, 6.45) is 1.20. The minimum Gasteiger partial charge on any atom is -0.280 e. The third-order valence-electron chi connectivity index (χ3n) is 5.86. The van der Waals surface area contributed by atoms with Gasteiger partial charge in [-0.3, -0.25) is 4.72 Å². The van der Waals surface area contributed by atoms with Crippen molar-refractivity contribution in [3.8, 4) is 0 Å². The Bertz CT molecular complexity index is 1160. The summed E-state index contributed by atoms with van der Waals surface area (Å²) >= 11 is 0. The molecule has 2 aromatic carbocycles. The number of benzene rings is 2. The molecule has 8 heteroatoms. The maximum absolute atomic E-state index is 13.2. The van der Waals surface area contributed by atoms with Crippen LogP contribution in [0.3, 0.4) is 0 Å². The molecule has 0 fully saturated rings. The average Bonchev–Trinajstić information content (AvgIpc) is 2.65. The van der Waals surface area contributed by atoms with Crippen LogP contribution in [-0.2, 0) is 33.0 Å². The van der Waals surface area contributed by atoms with Crippen LogP contribution in [0.2, 0.25) is 0 Å². The fourth-order valence-corrected chi connectivity index (χ4v) is 7.16. The van der Waals surface area contributed by atoms with Crippen molar-refractivity contribution in [1.82, 2.24) is 4.31 Å². The molecule has 0 spiro atoms. The number of sulfonamides is 2. The number of nitrogens with one attached hydrogen (secondary N) is 1. The Morgan fingerprint density at radius 1 is 0.933 bits per heavy atom. The first-order chi connectivity index (χ1) is 14.0. The molecule has 2 aromatic rings. The number of aryl methyl sites for hydroxylation is 2. The second-order valence-corrected chi connectivity index (χ2v) is 11.8. The van der Waals surface area contributed by atoms with Gasteiger partial charge >= 0.3 is 0 Å². The molecule has 0 bridgehead atoms. The number of anilines is 1. The van der Waals surface area contributed by atoms with E-state index in [0.29, 0.717) is 30.0 Å². The first-order valence-corrected chi connectivity index (χ1v) is 13.3. The molecular weight excluding hydrogens is 420 g/mol. The minimum absolute atomic E-state index is 0.125. The van der Waals surface area contributed by atoms with Crippen molar-refractivity contribution in [2.24, 2.45) is 0 Å². The third kappa shape index (κ3) is 4.40. The largest absolute Gasteiger partial charge is 0.280 e. The Balaban J connectivity index is 1.93. The Kier molecular flexibility index (Phi) is 6.32. The van der Waals surface area contributed by atoms with Gasteiger partial charge < -0.3 is 0 Å². The lowest BCUT2D eigenvalue weighted by molar-refractivity contribution is 0.391. The summed E-state index contributed by atoms with van der Waals surface area (Å²) in [6.45, 7) is 10.0. The molecular formula is C22H30N2O4S2. The standard InChI is InChI=1S/C22H30N2O4S2/c1-6-11-29(25,26)24-10-9-19-7-8-21(13-20(19)14-24)23-30(27,28)22-17(4)15(2)12-16(3)18(22)5/h7-8,12-13,23H,6,9-11,14H2,1-5H3. The molecule has 6 nitrogen and oxygen atoms in total. The first kappa shape index (κ1) is 22.8. The van der Waals surface area contributed by atoms with Crippen LogP contribution in [-0.4, -0.2) is 33.4 Å². The van der Waals surface area contributed by atoms with Crippen molar-refractivity contribution in [3.63, 3.8) is 0 Å². The smallest absolute Gasteiger partial charge is 0.262 e. The molecule has 164 valence electrons. The summed E-state index contributed by atoms with van der Waals surface area (Å²) in [7, 11) is -7.07. The molecule has 0 aromatic heterocycles. The normalized spacial score (nSPS) is 15.1. The molecule has 1 aliphatic rings. The molecule has 3 rings (SSSR count). The highest BCUT2D eigenvalue weighted by molar-refractivity contribution is 7.92. The van der Waals surface area contributed by atoms with E-state index in [4.69, 9.17) is 0 Å². The van der Waals surface area contributed by atoms with Crippen molar-refractivity contribution in [1.29, 1.82) is 0 Å². The second kappa shape index (κ2) is 8.32. The second-order valence-electron chi connectivity index (χ2n) is 8.08. The topological polar surface area (TPSA) is 83.6 Å². The fourth-order valence-electron chi connectivity index (χ4n) is 4.01. The van der Waals surface area contributed by atoms with Gasteiger partial charge in [0.05, 0.1) is 10.6 Å². The number of fused-ring (bicyclic) bond motifs is 1. The first-order valence-electron chi connectivity index (χ1n) is 10.2. The van der Waals surface area contributed by atoms with Gasteiger partial charge in [-0.15, -0.1) is 0 Å². The van der Waals surface area contributed by atoms with Gasteiger partial charge in [-0.2, -0.15) is 4.31 Å². The molecule has 0 unspecified atom stereocenters. The van der Waals surface area contributed by atoms with Crippen molar-refractivity contribution in [2.45, 2.75) is 58.9 Å². The van der Waals surface area contributed by atoms with E-state index in [9.17, 15) is 16.8 Å². The predicted molar refractivity (Wildman–Crippen MR) is 121 cm³/mol. The third-order valence-corrected chi connectivity index (χ3v) is 9.53. The van der Waals surface area contributed by atoms with E-state index in [0.717, 1.165) is 33.4 Å². The fraction of sp³-hybridized carbons (Fsp3) is 0.455. The van der Waals surface area contributed by atoms with E-state index in [1.807, 2.05) is 46.8 Å². The Morgan fingerprint density at radius 2 is 1.57 bits per heavy atom. The molecule has 30 heavy (non-hydrogen) atoms. The number of rotatable bonds is 6. The molecule has 0 saturated carbocycles. The molecule has 1 heterocycles. The number of hydrogen-bond donors (Lipinski definition) is 1. The van der Waals surface area contributed by atoms with Crippen molar-refractivity contribution >= 4 is 25.7 Å². The lowest BCUT2D eigenvalue weighted by Crippen LogP contribution is -2.37. The molecule has 0 atom stereocenters. The van der Waals surface area contributed by atoms with Crippen molar-refractivity contribution < 1.29 is 16.8 Å². The number of hydrogen-bond acceptors (Lipinski definition) is 4. The molecule has 1 aliphatic heterocycles. The molecule has 0 radical (unpaired) electrons. The van der Waals surface area contributed by atoms with Crippen LogP contribution in [0.4, 0.5) is 5.69 Å². The summed E-state index contributed by atoms with van der Waals surface area (Å²) < 4.78 is 55.5. The van der Waals surface area contributed by atoms with E-state index < -0.39 is 20.0 Å². The van der Waals surface area contributed by atoms with Crippen molar-refractivity contribution in [2.75, 3.05) is 17.0 Å². The van der Waals surface area contributed by atoms with Gasteiger partial charge in [0, 0.05) is 18.8 Å². The van der Waals surface area contributed by atoms with Crippen LogP contribution in [0, 0.1) is 27.7 Å². The van der Waals surface area contributed by atoms with Crippen LogP contribution in [0.5, 0.6) is 0 Å². The van der Waals surface area contributed by atoms with E-state index in [2.05, 4.69) is 4.72 Å². The molecule has 0 saturated heterocycles. The zero-order valence-corrected chi connectivity index (χ0v) is 19.9. The summed E-state index contributed by atoms with van der Waals surface area (Å²) in [4.78, 5) is 0.310. The van der Waals surface area contributed by atoms with Gasteiger partial charge in [0.2, 0.25) is 10.0 Å². The quantitative estimate of drug-likeness (QED) is 0.725. The van der Waals surface area contributed by atoms with Gasteiger partial charge in [-0.05, 0) is 86.1 Å². The van der Waals surface area contributed by atoms with Crippen LogP contribution >= 0.6 is 0 Å². The zero-order chi connectivity index (χ0) is 22.3. The Morgan fingerprint density at radius 3 is 2.17 bits per heavy atom. The SMILES string of the molecule is CCCS(=O)(=O)N1CCc2ccc(NS(=O)(=O)c3c(C)c(C)cc(C)c3C)cc2C1. The van der Waals surface area contributed by atoms with Crippen LogP contribution in [0.25, 0.3) is 0 Å². The Labute approximate surface area is 180 Å². The van der Waals surface area contributed by atoms with E-state index >= 15 is 0 Å². The van der Waals surface area contributed by atoms with Crippen LogP contribution < -0.4 is 4.72 Å². The lowest BCUT2D eigenvalue weighted by Gasteiger charge is -2.28. The van der Waals surface area contributed by atoms with Crippen molar-refractivity contribution in [3.05, 3.63) is 57.6 Å². The molecule has 0 aliphatic carbocycles. The monoisotopic (exact) mass is 450 g/mol. The van der Waals surface area contributed by atoms with Crippen LogP contribution in [0.15, 0.2) is 29.2 Å². The van der Waals surface area contributed by atoms with E-state index in [1.54, 1.807) is 12.1 Å². The highest BCUT2D eigenvalue weighted by atomic mass is 32.2. The van der Waals surface area contributed by atoms with Gasteiger partial charge in [0.15, 0.2) is 0 Å². The Hall–Kier alpha value is -1.90. The summed E-state index contributed by atoms with van der Waals surface area (Å²) in [5, 5.41) is 0. The predicted octanol–water partition coefficient (Wildman–Crippen LogP) is 3.82. The highest BCUT2D eigenvalue weighted by Gasteiger charge is 2.27. The summed E-state index contributed by atoms with van der Waals surface area (Å²) in [6, 6.07) is 7.39.